The highest BCUT2D eigenvalue weighted by molar-refractivity contribution is 9.09. The average Bonchev–Trinajstić information content (AvgIpc) is 3.76. The molecule has 13 nitrogen and oxygen atoms in total. The van der Waals surface area contributed by atoms with Crippen molar-refractivity contribution in [2.75, 3.05) is 78.4 Å². The second-order valence-electron chi connectivity index (χ2n) is 11.7. The minimum absolute atomic E-state index is 0. The van der Waals surface area contributed by atoms with Crippen LogP contribution >= 0.6 is 32.9 Å². The molecule has 254 valence electrons. The summed E-state index contributed by atoms with van der Waals surface area (Å²) in [6, 6.07) is 1.35. The maximum Gasteiger partial charge on any atom is 0.415 e. The van der Waals surface area contributed by atoms with Crippen LogP contribution in [0.1, 0.15) is 27.5 Å². The van der Waals surface area contributed by atoms with Crippen LogP contribution in [0.3, 0.4) is 0 Å². The zero-order valence-electron chi connectivity index (χ0n) is 27.1. The minimum atomic E-state index is -0.524. The molecule has 2 amide bonds. The first-order valence-corrected chi connectivity index (χ1v) is 16.1. The number of hydrogen-bond donors (Lipinski definition) is 2. The number of rotatable bonds is 7. The Kier molecular flexibility index (Phi) is 10.2. The van der Waals surface area contributed by atoms with Crippen molar-refractivity contribution in [2.45, 2.75) is 18.9 Å². The van der Waals surface area contributed by atoms with Crippen LogP contribution < -0.4 is 15.0 Å². The fourth-order valence-corrected chi connectivity index (χ4v) is 7.32. The molecular formula is C32H39Br2N5O8. The number of fused-ring (bicyclic) bond motifs is 4. The molecule has 1 fully saturated rings. The van der Waals surface area contributed by atoms with Crippen molar-refractivity contribution in [2.24, 2.45) is 5.92 Å². The fourth-order valence-electron chi connectivity index (χ4n) is 6.79. The largest absolute Gasteiger partial charge is 0.495 e. The summed E-state index contributed by atoms with van der Waals surface area (Å²) in [7, 11) is 7.98. The number of likely N-dealkylation sites (N-methyl/N-ethyl adjacent to an activating group) is 1. The number of piperazine rings is 1. The average molecular weight is 781 g/mol. The SMILES string of the molecule is Br.COC(=O)c1c(C)[nH]c2c(OC(=O)N3CCN(C)CC3)cc3c(c12)[C@H](CBr)CN3C(=O)C1=CC2C=C(OC)C(OC)=C(OC)C2N1. The first-order chi connectivity index (χ1) is 22.1. The van der Waals surface area contributed by atoms with Crippen LogP contribution in [0, 0.1) is 12.8 Å². The number of anilines is 1. The van der Waals surface area contributed by atoms with E-state index in [-0.39, 0.29) is 46.5 Å². The third kappa shape index (κ3) is 5.86. The number of benzene rings is 1. The molecular weight excluding hydrogens is 742 g/mol. The van der Waals surface area contributed by atoms with Gasteiger partial charge in [-0.1, -0.05) is 15.9 Å². The molecule has 4 heterocycles. The standard InChI is InChI=1S/C32H38BrN5O8.BrH/c1-16-23(31(40)45-6)25-24-18(14-33)15-38(20(24)13-21(27(25)34-16)46-32(41)37-9-7-36(2)8-10-37)30(39)19-11-17-12-22(42-3)28(43-4)29(44-5)26(17)35-19;/h11-13,17-18,26,34-35H,7-10,14-15H2,1-6H3;1H/t17?,18-,26?;/m1./s1. The second-order valence-corrected chi connectivity index (χ2v) is 12.4. The highest BCUT2D eigenvalue weighted by atomic mass is 79.9. The highest BCUT2D eigenvalue weighted by Gasteiger charge is 2.43. The van der Waals surface area contributed by atoms with E-state index in [4.69, 9.17) is 23.7 Å². The smallest absolute Gasteiger partial charge is 0.415 e. The molecule has 1 aromatic carbocycles. The number of aromatic nitrogens is 1. The number of esters is 1. The van der Waals surface area contributed by atoms with Gasteiger partial charge >= 0.3 is 12.1 Å². The number of nitrogens with one attached hydrogen (secondary N) is 2. The van der Waals surface area contributed by atoms with Gasteiger partial charge in [0.05, 0.1) is 56.9 Å². The van der Waals surface area contributed by atoms with Crippen molar-refractivity contribution >= 4 is 67.5 Å². The Labute approximate surface area is 291 Å². The summed E-state index contributed by atoms with van der Waals surface area (Å²) < 4.78 is 28.0. The quantitative estimate of drug-likeness (QED) is 0.315. The number of nitrogens with zero attached hydrogens (tertiary/aromatic N) is 3. The normalized spacial score (nSPS) is 22.1. The number of alkyl halides is 1. The maximum absolute atomic E-state index is 14.4. The molecule has 1 aromatic heterocycles. The van der Waals surface area contributed by atoms with E-state index in [9.17, 15) is 14.4 Å². The highest BCUT2D eigenvalue weighted by Crippen LogP contribution is 2.48. The van der Waals surface area contributed by atoms with Gasteiger partial charge in [0.25, 0.3) is 5.91 Å². The predicted octanol–water partition coefficient (Wildman–Crippen LogP) is 3.93. The molecule has 6 rings (SSSR count). The van der Waals surface area contributed by atoms with Crippen LogP contribution in [0.2, 0.25) is 0 Å². The minimum Gasteiger partial charge on any atom is -0.495 e. The number of amides is 2. The van der Waals surface area contributed by atoms with E-state index in [2.05, 4.69) is 31.1 Å². The zero-order valence-corrected chi connectivity index (χ0v) is 30.4. The van der Waals surface area contributed by atoms with E-state index in [1.165, 1.54) is 14.2 Å². The summed E-state index contributed by atoms with van der Waals surface area (Å²) in [5, 5.41) is 4.43. The summed E-state index contributed by atoms with van der Waals surface area (Å²) in [5.41, 5.74) is 3.14. The lowest BCUT2D eigenvalue weighted by atomic mass is 9.94. The maximum atomic E-state index is 14.4. The van der Waals surface area contributed by atoms with Gasteiger partial charge in [-0.15, -0.1) is 17.0 Å². The summed E-state index contributed by atoms with van der Waals surface area (Å²) in [4.78, 5) is 49.6. The molecule has 3 atom stereocenters. The third-order valence-electron chi connectivity index (χ3n) is 9.13. The summed E-state index contributed by atoms with van der Waals surface area (Å²) in [5.74, 6) is 0.542. The molecule has 1 saturated heterocycles. The van der Waals surface area contributed by atoms with Gasteiger partial charge in [0.15, 0.2) is 17.3 Å². The number of aromatic amines is 1. The number of carbonyl (C=O) groups is 3. The lowest BCUT2D eigenvalue weighted by molar-refractivity contribution is -0.115. The number of H-pyrrole nitrogens is 1. The van der Waals surface area contributed by atoms with Crippen LogP contribution in [0.15, 0.2) is 41.2 Å². The molecule has 0 bridgehead atoms. The molecule has 1 aliphatic carbocycles. The fraction of sp³-hybridized carbons (Fsp3) is 0.469. The molecule has 2 N–H and O–H groups in total. The van der Waals surface area contributed by atoms with Crippen molar-refractivity contribution in [3.05, 3.63) is 58.0 Å². The van der Waals surface area contributed by atoms with E-state index in [1.807, 2.05) is 19.2 Å². The van der Waals surface area contributed by atoms with Crippen LogP contribution in [0.4, 0.5) is 10.5 Å². The van der Waals surface area contributed by atoms with E-state index < -0.39 is 12.1 Å². The Bertz CT molecular complexity index is 1690. The zero-order chi connectivity index (χ0) is 32.9. The molecule has 0 spiro atoms. The number of hydrogen-bond acceptors (Lipinski definition) is 10. The van der Waals surface area contributed by atoms with Gasteiger partial charge in [-0.25, -0.2) is 9.59 Å². The summed E-state index contributed by atoms with van der Waals surface area (Å²) in [6.45, 7) is 4.63. The molecule has 2 aromatic rings. The summed E-state index contributed by atoms with van der Waals surface area (Å²) in [6.07, 6.45) is 3.25. The monoisotopic (exact) mass is 779 g/mol. The van der Waals surface area contributed by atoms with Crippen molar-refractivity contribution in [3.63, 3.8) is 0 Å². The Morgan fingerprint density at radius 1 is 1.02 bits per heavy atom. The number of carbonyl (C=O) groups excluding carboxylic acids is 3. The second kappa shape index (κ2) is 13.8. The number of aryl methyl sites for hydroxylation is 1. The number of ether oxygens (including phenoxy) is 5. The van der Waals surface area contributed by atoms with Gasteiger partial charge in [-0.3, -0.25) is 4.79 Å². The van der Waals surface area contributed by atoms with Crippen molar-refractivity contribution in [1.82, 2.24) is 20.1 Å². The topological polar surface area (TPSA) is 135 Å². The van der Waals surface area contributed by atoms with Gasteiger partial charge in [0, 0.05) is 67.0 Å². The molecule has 0 saturated carbocycles. The van der Waals surface area contributed by atoms with Crippen LogP contribution in [0.5, 0.6) is 5.75 Å². The Morgan fingerprint density at radius 3 is 2.36 bits per heavy atom. The Morgan fingerprint density at radius 2 is 1.74 bits per heavy atom. The Balaban J connectivity index is 0.00000433. The lowest BCUT2D eigenvalue weighted by Gasteiger charge is -2.31. The number of halogens is 2. The molecule has 2 unspecified atom stereocenters. The first kappa shape index (κ1) is 34.6. The van der Waals surface area contributed by atoms with Crippen LogP contribution in [0.25, 0.3) is 10.9 Å². The van der Waals surface area contributed by atoms with Crippen LogP contribution in [-0.4, -0.2) is 112 Å². The van der Waals surface area contributed by atoms with Crippen molar-refractivity contribution in [3.8, 4) is 5.75 Å². The number of methoxy groups -OCH3 is 4. The molecule has 3 aliphatic heterocycles. The van der Waals surface area contributed by atoms with Gasteiger partial charge < -0.3 is 48.7 Å². The van der Waals surface area contributed by atoms with Crippen molar-refractivity contribution in [1.29, 1.82) is 0 Å². The molecule has 4 aliphatic rings. The molecule has 0 radical (unpaired) electrons. The van der Waals surface area contributed by atoms with Crippen molar-refractivity contribution < 1.29 is 38.1 Å². The lowest BCUT2D eigenvalue weighted by Crippen LogP contribution is -2.48. The molecule has 47 heavy (non-hydrogen) atoms. The summed E-state index contributed by atoms with van der Waals surface area (Å²) >= 11 is 3.64. The van der Waals surface area contributed by atoms with E-state index in [0.29, 0.717) is 75.8 Å². The van der Waals surface area contributed by atoms with Gasteiger partial charge in [-0.05, 0) is 31.7 Å². The van der Waals surface area contributed by atoms with Gasteiger partial charge in [-0.2, -0.15) is 0 Å². The third-order valence-corrected chi connectivity index (χ3v) is 9.91. The molecule has 15 heteroatoms. The van der Waals surface area contributed by atoms with Gasteiger partial charge in [0.1, 0.15) is 0 Å². The Hall–Kier alpha value is -3.69. The van der Waals surface area contributed by atoms with E-state index >= 15 is 0 Å². The van der Waals surface area contributed by atoms with E-state index in [1.54, 1.807) is 37.0 Å². The van der Waals surface area contributed by atoms with Crippen LogP contribution in [-0.2, 0) is 23.7 Å². The first-order valence-electron chi connectivity index (χ1n) is 15.0. The van der Waals surface area contributed by atoms with Gasteiger partial charge in [0.2, 0.25) is 5.76 Å². The van der Waals surface area contributed by atoms with E-state index in [0.717, 1.165) is 18.7 Å². The predicted molar refractivity (Wildman–Crippen MR) is 183 cm³/mol.